The largest absolute Gasteiger partial charge is 0.490 e. The fourth-order valence-corrected chi connectivity index (χ4v) is 4.92. The second-order valence-electron chi connectivity index (χ2n) is 5.83. The monoisotopic (exact) mass is 325 g/mol. The van der Waals surface area contributed by atoms with Crippen molar-refractivity contribution >= 4 is 10.0 Å². The summed E-state index contributed by atoms with van der Waals surface area (Å²) in [5.41, 5.74) is 0. The van der Waals surface area contributed by atoms with Gasteiger partial charge in [0, 0.05) is 25.1 Å². The van der Waals surface area contributed by atoms with Crippen molar-refractivity contribution in [2.24, 2.45) is 0 Å². The Labute approximate surface area is 132 Å². The maximum atomic E-state index is 13.0. The van der Waals surface area contributed by atoms with E-state index in [1.807, 2.05) is 6.92 Å². The molecule has 1 fully saturated rings. The molecule has 1 atom stereocenters. The lowest BCUT2D eigenvalue weighted by Crippen LogP contribution is -2.43. The van der Waals surface area contributed by atoms with E-state index in [9.17, 15) is 8.42 Å². The van der Waals surface area contributed by atoms with Crippen LogP contribution in [0.5, 0.6) is 11.5 Å². The summed E-state index contributed by atoms with van der Waals surface area (Å²) in [5.74, 6) is 1.16. The minimum absolute atomic E-state index is 0.106. The van der Waals surface area contributed by atoms with Crippen LogP contribution in [0.4, 0.5) is 0 Å². The van der Waals surface area contributed by atoms with E-state index in [-0.39, 0.29) is 6.04 Å². The Morgan fingerprint density at radius 3 is 2.68 bits per heavy atom. The minimum atomic E-state index is -3.47. The van der Waals surface area contributed by atoms with Gasteiger partial charge in [-0.25, -0.2) is 8.42 Å². The van der Waals surface area contributed by atoms with Crippen molar-refractivity contribution in [2.45, 2.75) is 50.0 Å². The SMILES string of the molecule is CCC1CCCCN1S(=O)(=O)c1ccc2c(c1)OCCCO2. The third-order valence-electron chi connectivity index (χ3n) is 4.37. The van der Waals surface area contributed by atoms with Crippen molar-refractivity contribution in [2.75, 3.05) is 19.8 Å². The van der Waals surface area contributed by atoms with Crippen molar-refractivity contribution in [3.05, 3.63) is 18.2 Å². The summed E-state index contributed by atoms with van der Waals surface area (Å²) in [6, 6.07) is 5.05. The molecule has 5 nitrogen and oxygen atoms in total. The van der Waals surface area contributed by atoms with E-state index in [2.05, 4.69) is 0 Å². The van der Waals surface area contributed by atoms with Crippen LogP contribution in [-0.4, -0.2) is 38.5 Å². The van der Waals surface area contributed by atoms with E-state index in [0.29, 0.717) is 36.2 Å². The molecule has 1 unspecified atom stereocenters. The first-order chi connectivity index (χ1) is 10.6. The number of hydrogen-bond donors (Lipinski definition) is 0. The van der Waals surface area contributed by atoms with Crippen LogP contribution in [-0.2, 0) is 10.0 Å². The van der Waals surface area contributed by atoms with Gasteiger partial charge in [0.15, 0.2) is 11.5 Å². The van der Waals surface area contributed by atoms with E-state index >= 15 is 0 Å². The molecular weight excluding hydrogens is 302 g/mol. The van der Waals surface area contributed by atoms with E-state index in [1.54, 1.807) is 22.5 Å². The number of piperidine rings is 1. The van der Waals surface area contributed by atoms with Gasteiger partial charge in [-0.05, 0) is 31.4 Å². The predicted octanol–water partition coefficient (Wildman–Crippen LogP) is 2.80. The number of rotatable bonds is 3. The number of fused-ring (bicyclic) bond motifs is 1. The zero-order valence-corrected chi connectivity index (χ0v) is 13.8. The molecule has 0 saturated carbocycles. The predicted molar refractivity (Wildman–Crippen MR) is 83.9 cm³/mol. The Hall–Kier alpha value is -1.27. The Balaban J connectivity index is 1.93. The standard InChI is InChI=1S/C16H23NO4S/c1-2-13-6-3-4-9-17(13)22(18,19)14-7-8-15-16(12-14)21-11-5-10-20-15/h7-8,12-13H,2-6,9-11H2,1H3. The third-order valence-corrected chi connectivity index (χ3v) is 6.32. The van der Waals surface area contributed by atoms with E-state index in [1.165, 1.54) is 0 Å². The Bertz CT molecular complexity index is 629. The zero-order valence-electron chi connectivity index (χ0n) is 13.0. The highest BCUT2D eigenvalue weighted by Crippen LogP contribution is 2.34. The lowest BCUT2D eigenvalue weighted by atomic mass is 10.0. The first-order valence-corrected chi connectivity index (χ1v) is 9.48. The summed E-state index contributed by atoms with van der Waals surface area (Å²) in [6.07, 6.45) is 4.64. The molecule has 3 rings (SSSR count). The molecule has 6 heteroatoms. The molecule has 0 N–H and O–H groups in total. The number of nitrogens with zero attached hydrogens (tertiary/aromatic N) is 1. The van der Waals surface area contributed by atoms with Gasteiger partial charge in [0.25, 0.3) is 0 Å². The molecule has 0 bridgehead atoms. The summed E-state index contributed by atoms with van der Waals surface area (Å²) < 4.78 is 38.8. The van der Waals surface area contributed by atoms with Crippen molar-refractivity contribution < 1.29 is 17.9 Å². The van der Waals surface area contributed by atoms with Crippen LogP contribution in [0, 0.1) is 0 Å². The maximum Gasteiger partial charge on any atom is 0.243 e. The molecule has 0 amide bonds. The van der Waals surface area contributed by atoms with Crippen LogP contribution in [0.15, 0.2) is 23.1 Å². The van der Waals surface area contributed by atoms with Crippen molar-refractivity contribution in [1.82, 2.24) is 4.31 Å². The van der Waals surface area contributed by atoms with Crippen LogP contribution in [0.3, 0.4) is 0 Å². The quantitative estimate of drug-likeness (QED) is 0.857. The minimum Gasteiger partial charge on any atom is -0.490 e. The summed E-state index contributed by atoms with van der Waals surface area (Å²) in [6.45, 7) is 3.81. The summed E-state index contributed by atoms with van der Waals surface area (Å²) in [7, 11) is -3.47. The fraction of sp³-hybridized carbons (Fsp3) is 0.625. The smallest absolute Gasteiger partial charge is 0.243 e. The number of ether oxygens (including phenoxy) is 2. The van der Waals surface area contributed by atoms with Gasteiger partial charge in [0.2, 0.25) is 10.0 Å². The molecule has 2 aliphatic heterocycles. The molecule has 2 heterocycles. The molecule has 2 aliphatic rings. The normalized spacial score (nSPS) is 23.0. The number of hydrogen-bond acceptors (Lipinski definition) is 4. The van der Waals surface area contributed by atoms with E-state index in [4.69, 9.17) is 9.47 Å². The molecule has 0 radical (unpaired) electrons. The van der Waals surface area contributed by atoms with Gasteiger partial charge >= 0.3 is 0 Å². The first-order valence-electron chi connectivity index (χ1n) is 8.04. The van der Waals surface area contributed by atoms with Gasteiger partial charge in [0.05, 0.1) is 18.1 Å². The number of benzene rings is 1. The highest BCUT2D eigenvalue weighted by atomic mass is 32.2. The van der Waals surface area contributed by atoms with Gasteiger partial charge in [-0.3, -0.25) is 0 Å². The molecular formula is C16H23NO4S. The first kappa shape index (κ1) is 15.6. The second kappa shape index (κ2) is 6.46. The van der Waals surface area contributed by atoms with Crippen LogP contribution < -0.4 is 9.47 Å². The Morgan fingerprint density at radius 1 is 1.14 bits per heavy atom. The van der Waals surface area contributed by atoms with Gasteiger partial charge in [0.1, 0.15) is 0 Å². The lowest BCUT2D eigenvalue weighted by Gasteiger charge is -2.34. The molecule has 1 aromatic rings. The molecule has 0 spiro atoms. The average molecular weight is 325 g/mol. The van der Waals surface area contributed by atoms with Crippen LogP contribution in [0.2, 0.25) is 0 Å². The van der Waals surface area contributed by atoms with Gasteiger partial charge in [-0.1, -0.05) is 13.3 Å². The van der Waals surface area contributed by atoms with Crippen molar-refractivity contribution in [3.8, 4) is 11.5 Å². The lowest BCUT2D eigenvalue weighted by molar-refractivity contribution is 0.246. The average Bonchev–Trinajstić information content (AvgIpc) is 2.79. The van der Waals surface area contributed by atoms with Gasteiger partial charge in [-0.15, -0.1) is 0 Å². The highest BCUT2D eigenvalue weighted by Gasteiger charge is 2.33. The van der Waals surface area contributed by atoms with Gasteiger partial charge < -0.3 is 9.47 Å². The molecule has 122 valence electrons. The summed E-state index contributed by atoms with van der Waals surface area (Å²) in [4.78, 5) is 0.303. The van der Waals surface area contributed by atoms with Crippen molar-refractivity contribution in [3.63, 3.8) is 0 Å². The Morgan fingerprint density at radius 2 is 1.91 bits per heavy atom. The molecule has 0 aliphatic carbocycles. The second-order valence-corrected chi connectivity index (χ2v) is 7.72. The maximum absolute atomic E-state index is 13.0. The van der Waals surface area contributed by atoms with Gasteiger partial charge in [-0.2, -0.15) is 4.31 Å². The number of sulfonamides is 1. The van der Waals surface area contributed by atoms with Crippen molar-refractivity contribution in [1.29, 1.82) is 0 Å². The third kappa shape index (κ3) is 2.94. The van der Waals surface area contributed by atoms with E-state index < -0.39 is 10.0 Å². The molecule has 1 aromatic carbocycles. The van der Waals surface area contributed by atoms with Crippen LogP contribution in [0.25, 0.3) is 0 Å². The molecule has 1 saturated heterocycles. The molecule has 22 heavy (non-hydrogen) atoms. The van der Waals surface area contributed by atoms with E-state index in [0.717, 1.165) is 32.1 Å². The highest BCUT2D eigenvalue weighted by molar-refractivity contribution is 7.89. The van der Waals surface area contributed by atoms with Crippen LogP contribution in [0.1, 0.15) is 39.0 Å². The fourth-order valence-electron chi connectivity index (χ4n) is 3.14. The zero-order chi connectivity index (χ0) is 15.6. The van der Waals surface area contributed by atoms with Crippen LogP contribution >= 0.6 is 0 Å². The molecule has 0 aromatic heterocycles. The Kier molecular flexibility index (Phi) is 4.59. The summed E-state index contributed by atoms with van der Waals surface area (Å²) in [5, 5.41) is 0. The summed E-state index contributed by atoms with van der Waals surface area (Å²) >= 11 is 0. The topological polar surface area (TPSA) is 55.8 Å².